The second kappa shape index (κ2) is 5.48. The Morgan fingerprint density at radius 2 is 1.54 bits per heavy atom. The molecule has 4 atom stereocenters. The van der Waals surface area contributed by atoms with Crippen molar-refractivity contribution in [3.8, 4) is 0 Å². The average Bonchev–Trinajstić information content (AvgIpc) is 2.12. The molecular formula is C7H17NO5. The lowest BCUT2D eigenvalue weighted by Crippen LogP contribution is -2.52. The van der Waals surface area contributed by atoms with E-state index in [-0.39, 0.29) is 6.61 Å². The van der Waals surface area contributed by atoms with E-state index in [4.69, 9.17) is 21.1 Å². The van der Waals surface area contributed by atoms with Gasteiger partial charge in [0.1, 0.15) is 6.10 Å². The summed E-state index contributed by atoms with van der Waals surface area (Å²) in [6, 6.07) is -1.34. The lowest BCUT2D eigenvalue weighted by molar-refractivity contribution is -0.119. The number of aliphatic hydroxyl groups excluding tert-OH is 4. The van der Waals surface area contributed by atoms with Gasteiger partial charge in [-0.05, 0) is 0 Å². The van der Waals surface area contributed by atoms with Crippen molar-refractivity contribution in [2.75, 3.05) is 6.61 Å². The van der Waals surface area contributed by atoms with E-state index in [1.165, 1.54) is 6.92 Å². The maximum Gasteiger partial charge on any atom is 0.169 e. The fourth-order valence-corrected chi connectivity index (χ4v) is 0.849. The van der Waals surface area contributed by atoms with Crippen LogP contribution in [0.3, 0.4) is 0 Å². The largest absolute Gasteiger partial charge is 0.396 e. The summed E-state index contributed by atoms with van der Waals surface area (Å²) in [7, 11) is 0. The van der Waals surface area contributed by atoms with Crippen LogP contribution in [0.25, 0.3) is 0 Å². The van der Waals surface area contributed by atoms with Crippen LogP contribution >= 0.6 is 0 Å². The van der Waals surface area contributed by atoms with Crippen molar-refractivity contribution < 1.29 is 25.5 Å². The van der Waals surface area contributed by atoms with Crippen LogP contribution in [0.5, 0.6) is 0 Å². The van der Waals surface area contributed by atoms with E-state index >= 15 is 0 Å². The average molecular weight is 195 g/mol. The summed E-state index contributed by atoms with van der Waals surface area (Å²) < 4.78 is 0. The molecule has 0 aromatic rings. The normalized spacial score (nSPS) is 21.2. The first kappa shape index (κ1) is 12.8. The first-order valence-electron chi connectivity index (χ1n) is 4.00. The third-order valence-corrected chi connectivity index (χ3v) is 1.96. The van der Waals surface area contributed by atoms with Crippen molar-refractivity contribution >= 4 is 0 Å². The predicted octanol–water partition coefficient (Wildman–Crippen LogP) is -3.03. The molecule has 0 rings (SSSR count). The van der Waals surface area contributed by atoms with Gasteiger partial charge >= 0.3 is 0 Å². The highest BCUT2D eigenvalue weighted by atomic mass is 16.5. The van der Waals surface area contributed by atoms with Crippen LogP contribution in [-0.2, 0) is 0 Å². The molecule has 0 saturated carbocycles. The molecule has 80 valence electrons. The van der Waals surface area contributed by atoms with Crippen LogP contribution in [0.15, 0.2) is 0 Å². The minimum atomic E-state index is -1.89. The zero-order chi connectivity index (χ0) is 10.6. The van der Waals surface area contributed by atoms with Gasteiger partial charge in [0, 0.05) is 12.5 Å². The molecule has 0 heterocycles. The number of rotatable bonds is 5. The van der Waals surface area contributed by atoms with Crippen molar-refractivity contribution in [1.29, 1.82) is 0 Å². The monoisotopic (exact) mass is 195 g/mol. The summed E-state index contributed by atoms with van der Waals surface area (Å²) in [6.45, 7) is 1.19. The summed E-state index contributed by atoms with van der Waals surface area (Å²) in [5.74, 6) is -0.570. The standard InChI is InChI=1S/C7H17NO5/c1-3(2-9)5(10)6(11)4(8)7(12)13/h3-7,9-13H,2,8H2,1H3/t3?,4?,5-,6?/m1/s1. The number of hydrogen-bond donors (Lipinski definition) is 6. The molecule has 0 aromatic carbocycles. The molecule has 13 heavy (non-hydrogen) atoms. The highest BCUT2D eigenvalue weighted by Crippen LogP contribution is 2.10. The summed E-state index contributed by atoms with van der Waals surface area (Å²) in [5.41, 5.74) is 5.16. The molecule has 6 nitrogen and oxygen atoms in total. The molecule has 0 bridgehead atoms. The van der Waals surface area contributed by atoms with Crippen LogP contribution in [0.4, 0.5) is 0 Å². The van der Waals surface area contributed by atoms with E-state index in [0.717, 1.165) is 0 Å². The van der Waals surface area contributed by atoms with Gasteiger partial charge in [0.2, 0.25) is 0 Å². The van der Waals surface area contributed by atoms with Crippen molar-refractivity contribution in [2.45, 2.75) is 31.5 Å². The first-order valence-corrected chi connectivity index (χ1v) is 4.00. The maximum atomic E-state index is 9.29. The second-order valence-corrected chi connectivity index (χ2v) is 3.13. The van der Waals surface area contributed by atoms with E-state index in [1.54, 1.807) is 0 Å². The molecular weight excluding hydrogens is 178 g/mol. The van der Waals surface area contributed by atoms with E-state index in [1.807, 2.05) is 0 Å². The molecule has 0 aliphatic carbocycles. The molecule has 0 saturated heterocycles. The third-order valence-electron chi connectivity index (χ3n) is 1.96. The van der Waals surface area contributed by atoms with E-state index in [0.29, 0.717) is 0 Å². The van der Waals surface area contributed by atoms with Gasteiger partial charge in [0.05, 0.1) is 12.1 Å². The highest BCUT2D eigenvalue weighted by molar-refractivity contribution is 4.82. The second-order valence-electron chi connectivity index (χ2n) is 3.13. The van der Waals surface area contributed by atoms with Gasteiger partial charge in [-0.3, -0.25) is 0 Å². The van der Waals surface area contributed by atoms with Crippen LogP contribution in [0.2, 0.25) is 0 Å². The Hall–Kier alpha value is -0.240. The fraction of sp³-hybridized carbons (Fsp3) is 1.00. The van der Waals surface area contributed by atoms with Gasteiger partial charge in [0.25, 0.3) is 0 Å². The molecule has 0 spiro atoms. The molecule has 0 aromatic heterocycles. The summed E-state index contributed by atoms with van der Waals surface area (Å²) in [6.07, 6.45) is -4.64. The number of hydrogen-bond acceptors (Lipinski definition) is 6. The summed E-state index contributed by atoms with van der Waals surface area (Å²) in [5, 5.41) is 44.4. The molecule has 0 fully saturated rings. The lowest BCUT2D eigenvalue weighted by Gasteiger charge is -2.27. The molecule has 0 radical (unpaired) electrons. The Morgan fingerprint density at radius 3 is 1.85 bits per heavy atom. The maximum absolute atomic E-state index is 9.29. The molecule has 3 unspecified atom stereocenters. The van der Waals surface area contributed by atoms with Crippen LogP contribution in [0.1, 0.15) is 6.92 Å². The Kier molecular flexibility index (Phi) is 5.38. The van der Waals surface area contributed by atoms with Crippen LogP contribution in [0, 0.1) is 5.92 Å². The van der Waals surface area contributed by atoms with Gasteiger partial charge in [-0.1, -0.05) is 6.92 Å². The Labute approximate surface area is 76.2 Å². The summed E-state index contributed by atoms with van der Waals surface area (Å²) >= 11 is 0. The van der Waals surface area contributed by atoms with E-state index < -0.39 is 30.5 Å². The highest BCUT2D eigenvalue weighted by Gasteiger charge is 2.30. The smallest absolute Gasteiger partial charge is 0.169 e. The fourth-order valence-electron chi connectivity index (χ4n) is 0.849. The first-order chi connectivity index (χ1) is 5.91. The van der Waals surface area contributed by atoms with E-state index in [2.05, 4.69) is 0 Å². The Morgan fingerprint density at radius 1 is 1.08 bits per heavy atom. The minimum absolute atomic E-state index is 0.313. The van der Waals surface area contributed by atoms with E-state index in [9.17, 15) is 10.2 Å². The van der Waals surface area contributed by atoms with Crippen molar-refractivity contribution in [2.24, 2.45) is 11.7 Å². The Balaban J connectivity index is 4.15. The number of nitrogens with two attached hydrogens (primary N) is 1. The van der Waals surface area contributed by atoms with Crippen molar-refractivity contribution in [3.05, 3.63) is 0 Å². The SMILES string of the molecule is CC(CO)[C@@H](O)C(O)C(N)C(O)O. The van der Waals surface area contributed by atoms with Gasteiger partial charge in [-0.15, -0.1) is 0 Å². The van der Waals surface area contributed by atoms with Gasteiger partial charge < -0.3 is 31.3 Å². The third kappa shape index (κ3) is 3.55. The van der Waals surface area contributed by atoms with Gasteiger partial charge in [0.15, 0.2) is 6.29 Å². The predicted molar refractivity (Wildman–Crippen MR) is 44.5 cm³/mol. The van der Waals surface area contributed by atoms with Gasteiger partial charge in [-0.2, -0.15) is 0 Å². The molecule has 7 N–H and O–H groups in total. The quantitative estimate of drug-likeness (QED) is 0.259. The zero-order valence-corrected chi connectivity index (χ0v) is 7.41. The molecule has 0 aliphatic heterocycles. The topological polar surface area (TPSA) is 127 Å². The van der Waals surface area contributed by atoms with Crippen LogP contribution < -0.4 is 5.73 Å². The van der Waals surface area contributed by atoms with Gasteiger partial charge in [-0.25, -0.2) is 0 Å². The summed E-state index contributed by atoms with van der Waals surface area (Å²) in [4.78, 5) is 0. The molecule has 6 heteroatoms. The van der Waals surface area contributed by atoms with Crippen LogP contribution in [-0.4, -0.2) is 56.7 Å². The molecule has 0 aliphatic rings. The molecule has 0 amide bonds. The zero-order valence-electron chi connectivity index (χ0n) is 7.41. The van der Waals surface area contributed by atoms with Crippen molar-refractivity contribution in [3.63, 3.8) is 0 Å². The minimum Gasteiger partial charge on any atom is -0.396 e. The lowest BCUT2D eigenvalue weighted by atomic mass is 9.96. The number of aliphatic hydroxyl groups is 5. The Bertz CT molecular complexity index is 143. The van der Waals surface area contributed by atoms with Crippen molar-refractivity contribution in [1.82, 2.24) is 0 Å².